The molecule has 0 aliphatic rings. The molecule has 0 fully saturated rings. The van der Waals surface area contributed by atoms with Crippen LogP contribution in [0.15, 0.2) is 0 Å². The first kappa shape index (κ1) is 13.7. The Hall–Kier alpha value is 2.11. The summed E-state index contributed by atoms with van der Waals surface area (Å²) in [7, 11) is 0. The Morgan fingerprint density at radius 1 is 1.11 bits per heavy atom. The van der Waals surface area contributed by atoms with Crippen LogP contribution in [0, 0.1) is 0 Å². The molecule has 0 aromatic carbocycles. The summed E-state index contributed by atoms with van der Waals surface area (Å²) < 4.78 is -1.38. The van der Waals surface area contributed by atoms with Gasteiger partial charge in [-0.15, -0.1) is 0 Å². The second-order valence-corrected chi connectivity index (χ2v) is 7.36. The third kappa shape index (κ3) is 5.39. The predicted octanol–water partition coefficient (Wildman–Crippen LogP) is 2.59. The Morgan fingerprint density at radius 2 is 1.22 bits per heavy atom. The largest absolute Gasteiger partial charge is 0.368 e. The van der Waals surface area contributed by atoms with E-state index >= 15 is 0 Å². The summed E-state index contributed by atoms with van der Waals surface area (Å²) in [6.07, 6.45) is 0. The second-order valence-electron chi connectivity index (χ2n) is 2.01. The maximum absolute atomic E-state index is 9.14. The van der Waals surface area contributed by atoms with Crippen molar-refractivity contribution in [3.63, 3.8) is 0 Å². The fourth-order valence-electron chi connectivity index (χ4n) is 0. The molecule has 0 aromatic heterocycles. The van der Waals surface area contributed by atoms with Gasteiger partial charge in [-0.3, -0.25) is 0 Å². The summed E-state index contributed by atoms with van der Waals surface area (Å²) >= 11 is 9.30. The van der Waals surface area contributed by atoms with Crippen LogP contribution >= 0.6 is 47.8 Å². The van der Waals surface area contributed by atoms with Gasteiger partial charge in [0.2, 0.25) is 0 Å². The normalized spacial score (nSPS) is 12.7. The van der Waals surface area contributed by atoms with Crippen molar-refractivity contribution in [2.24, 2.45) is 0 Å². The van der Waals surface area contributed by atoms with Crippen LogP contribution in [0.25, 0.3) is 0 Å². The maximum atomic E-state index is 9.14. The average Bonchev–Trinajstić information content (AvgIpc) is 1.25. The van der Waals surface area contributed by atoms with E-state index < -0.39 is 3.42 Å². The minimum Gasteiger partial charge on any atom is -0.368 e. The van der Waals surface area contributed by atoms with E-state index in [1.54, 1.807) is 0 Å². The van der Waals surface area contributed by atoms with Gasteiger partial charge in [0.1, 0.15) is 0 Å². The molecule has 1 N–H and O–H groups in total. The van der Waals surface area contributed by atoms with Crippen molar-refractivity contribution >= 4 is 47.8 Å². The molecular weight excluding hydrogens is 352 g/mol. The molecule has 0 heterocycles. The first-order chi connectivity index (χ1) is 3.25. The maximum Gasteiger partial charge on any atom is 0.189 e. The van der Waals surface area contributed by atoms with Crippen LogP contribution in [0.2, 0.25) is 0 Å². The molecular formula is C4H7Br3OTi. The Kier molecular flexibility index (Phi) is 6.41. The van der Waals surface area contributed by atoms with Crippen molar-refractivity contribution in [1.29, 1.82) is 0 Å². The van der Waals surface area contributed by atoms with Crippen molar-refractivity contribution in [3.05, 3.63) is 0 Å². The van der Waals surface area contributed by atoms with Crippen LogP contribution in [0.5, 0.6) is 0 Å². The smallest absolute Gasteiger partial charge is 0.189 e. The van der Waals surface area contributed by atoms with Crippen LogP contribution in [-0.2, 0) is 21.7 Å². The van der Waals surface area contributed by atoms with Crippen LogP contribution in [0.3, 0.4) is 0 Å². The second kappa shape index (κ2) is 4.22. The third-order valence-electron chi connectivity index (χ3n) is 0.715. The first-order valence-corrected chi connectivity index (χ1v) is 4.42. The van der Waals surface area contributed by atoms with E-state index in [9.17, 15) is 0 Å². The molecule has 0 amide bonds. The summed E-state index contributed by atoms with van der Waals surface area (Å²) in [5.74, 6) is 0. The summed E-state index contributed by atoms with van der Waals surface area (Å²) in [6, 6.07) is 0. The summed E-state index contributed by atoms with van der Waals surface area (Å²) in [5, 5.41) is 9.14. The van der Waals surface area contributed by atoms with Gasteiger partial charge >= 0.3 is 0 Å². The fourth-order valence-corrected chi connectivity index (χ4v) is 0. The zero-order valence-electron chi connectivity index (χ0n) is 5.08. The first-order valence-electron chi connectivity index (χ1n) is 2.04. The topological polar surface area (TPSA) is 20.2 Å². The van der Waals surface area contributed by atoms with Gasteiger partial charge in [-0.05, 0) is 45.7 Å². The minimum atomic E-state index is -1.02. The Bertz CT molecular complexity index is 70.8. The van der Waals surface area contributed by atoms with E-state index in [0.717, 1.165) is 0 Å². The van der Waals surface area contributed by atoms with Crippen LogP contribution < -0.4 is 0 Å². The average molecular weight is 359 g/mol. The zero-order valence-corrected chi connectivity index (χ0v) is 11.4. The van der Waals surface area contributed by atoms with Gasteiger partial charge < -0.3 is 5.11 Å². The van der Waals surface area contributed by atoms with Crippen molar-refractivity contribution in [2.75, 3.05) is 0 Å². The molecule has 0 bridgehead atoms. The molecule has 0 saturated carbocycles. The SMILES string of the molecule is CC(C)(Br)C(O)(Br)Br.[Ti]. The van der Waals surface area contributed by atoms with Crippen LogP contribution in [0.1, 0.15) is 13.8 Å². The number of hydrogen-bond donors (Lipinski definition) is 1. The molecule has 1 nitrogen and oxygen atoms in total. The summed E-state index contributed by atoms with van der Waals surface area (Å²) in [4.78, 5) is 0. The van der Waals surface area contributed by atoms with Crippen molar-refractivity contribution in [2.45, 2.75) is 21.6 Å². The predicted molar refractivity (Wildman–Crippen MR) is 45.8 cm³/mol. The van der Waals surface area contributed by atoms with E-state index in [1.807, 2.05) is 13.8 Å². The van der Waals surface area contributed by atoms with Gasteiger partial charge in [0.15, 0.2) is 3.42 Å². The molecule has 0 spiro atoms. The summed E-state index contributed by atoms with van der Waals surface area (Å²) in [6.45, 7) is 3.69. The minimum absolute atomic E-state index is 0. The third-order valence-corrected chi connectivity index (χ3v) is 4.34. The Balaban J connectivity index is 0. The zero-order chi connectivity index (χ0) is 7.00. The van der Waals surface area contributed by atoms with Gasteiger partial charge in [-0.2, -0.15) is 0 Å². The molecule has 0 aliphatic heterocycles. The summed E-state index contributed by atoms with van der Waals surface area (Å²) in [5.41, 5.74) is 0. The van der Waals surface area contributed by atoms with Gasteiger partial charge in [-0.25, -0.2) is 0 Å². The van der Waals surface area contributed by atoms with Gasteiger partial charge in [-0.1, -0.05) is 15.9 Å². The molecule has 0 unspecified atom stereocenters. The molecule has 0 atom stereocenters. The van der Waals surface area contributed by atoms with E-state index in [2.05, 4.69) is 47.8 Å². The fraction of sp³-hybridized carbons (Fsp3) is 1.00. The number of halogens is 3. The van der Waals surface area contributed by atoms with Crippen molar-refractivity contribution in [3.8, 4) is 0 Å². The Labute approximate surface area is 95.2 Å². The van der Waals surface area contributed by atoms with E-state index in [-0.39, 0.29) is 26.0 Å². The van der Waals surface area contributed by atoms with Crippen LogP contribution in [-0.4, -0.2) is 12.9 Å². The number of alkyl halides is 3. The van der Waals surface area contributed by atoms with E-state index in [4.69, 9.17) is 5.11 Å². The number of hydrogen-bond acceptors (Lipinski definition) is 1. The molecule has 0 aliphatic carbocycles. The number of aliphatic hydroxyl groups is 1. The number of rotatable bonds is 1. The molecule has 0 rings (SSSR count). The molecule has 0 aromatic rings. The van der Waals surface area contributed by atoms with Gasteiger partial charge in [0, 0.05) is 21.7 Å². The molecule has 0 radical (unpaired) electrons. The van der Waals surface area contributed by atoms with Gasteiger partial charge in [0.25, 0.3) is 0 Å². The van der Waals surface area contributed by atoms with E-state index in [0.29, 0.717) is 0 Å². The monoisotopic (exact) mass is 356 g/mol. The van der Waals surface area contributed by atoms with Crippen molar-refractivity contribution in [1.82, 2.24) is 0 Å². The standard InChI is InChI=1S/C4H7Br3O.Ti/c1-3(2,5)4(6,7)8;/h8H,1-2H3;. The quantitative estimate of drug-likeness (QED) is 0.564. The van der Waals surface area contributed by atoms with Gasteiger partial charge in [0.05, 0.1) is 4.32 Å². The molecule has 0 saturated heterocycles. The van der Waals surface area contributed by atoms with Crippen LogP contribution in [0.4, 0.5) is 0 Å². The van der Waals surface area contributed by atoms with Crippen molar-refractivity contribution < 1.29 is 26.8 Å². The van der Waals surface area contributed by atoms with E-state index in [1.165, 1.54) is 0 Å². The molecule has 5 heteroatoms. The molecule has 9 heavy (non-hydrogen) atoms. The molecule has 54 valence electrons. The Morgan fingerprint density at radius 3 is 1.22 bits per heavy atom.